The first-order chi connectivity index (χ1) is 18.4. The summed E-state index contributed by atoms with van der Waals surface area (Å²) in [6.07, 6.45) is 9.41. The lowest BCUT2D eigenvalue weighted by Crippen LogP contribution is -2.48. The second kappa shape index (κ2) is 10.5. The molecule has 3 N–H and O–H groups in total. The average molecular weight is 560 g/mol. The van der Waals surface area contributed by atoms with Gasteiger partial charge >= 0.3 is 0 Å². The Bertz CT molecular complexity index is 1410. The molecule has 3 aromatic rings. The minimum atomic E-state index is -3.63. The Morgan fingerprint density at radius 2 is 1.82 bits per heavy atom. The molecule has 0 spiro atoms. The molecule has 38 heavy (non-hydrogen) atoms. The smallest absolute Gasteiger partial charge is 0.243 e. The van der Waals surface area contributed by atoms with Gasteiger partial charge in [-0.1, -0.05) is 18.0 Å². The summed E-state index contributed by atoms with van der Waals surface area (Å²) in [4.78, 5) is 15.1. The zero-order chi connectivity index (χ0) is 26.3. The molecule has 0 atom stereocenters. The highest BCUT2D eigenvalue weighted by molar-refractivity contribution is 7.89. The molecular formula is C26H34ClN7O3S. The van der Waals surface area contributed by atoms with Gasteiger partial charge in [0.2, 0.25) is 16.0 Å². The molecule has 3 aliphatic rings. The second-order valence-corrected chi connectivity index (χ2v) is 12.7. The fraction of sp³-hybridized carbons (Fsp3) is 0.538. The summed E-state index contributed by atoms with van der Waals surface area (Å²) in [5, 5.41) is 7.92. The molecule has 2 saturated heterocycles. The van der Waals surface area contributed by atoms with E-state index < -0.39 is 10.0 Å². The van der Waals surface area contributed by atoms with Crippen LogP contribution in [0.4, 0.5) is 17.5 Å². The Labute approximate surface area is 228 Å². The van der Waals surface area contributed by atoms with E-state index in [0.29, 0.717) is 59.0 Å². The molecule has 6 rings (SSSR count). The van der Waals surface area contributed by atoms with Crippen LogP contribution >= 0.6 is 11.6 Å². The van der Waals surface area contributed by atoms with E-state index >= 15 is 0 Å². The van der Waals surface area contributed by atoms with Crippen LogP contribution < -0.4 is 15.4 Å². The number of rotatable bonds is 8. The molecular weight excluding hydrogens is 526 g/mol. The summed E-state index contributed by atoms with van der Waals surface area (Å²) in [5.41, 5.74) is 1.19. The molecule has 1 aliphatic carbocycles. The molecule has 0 radical (unpaired) electrons. The quantitative estimate of drug-likeness (QED) is 0.367. The van der Waals surface area contributed by atoms with Crippen molar-refractivity contribution in [1.82, 2.24) is 24.2 Å². The first-order valence-corrected chi connectivity index (χ1v) is 15.2. The van der Waals surface area contributed by atoms with E-state index in [-0.39, 0.29) is 4.90 Å². The topological polar surface area (TPSA) is 115 Å². The Morgan fingerprint density at radius 1 is 1.05 bits per heavy atom. The van der Waals surface area contributed by atoms with Gasteiger partial charge in [-0.05, 0) is 63.7 Å². The van der Waals surface area contributed by atoms with Crippen LogP contribution in [0.25, 0.3) is 11.0 Å². The van der Waals surface area contributed by atoms with Gasteiger partial charge in [0.05, 0.1) is 28.1 Å². The molecule has 204 valence electrons. The summed E-state index contributed by atoms with van der Waals surface area (Å²) < 4.78 is 34.2. The zero-order valence-corrected chi connectivity index (χ0v) is 23.1. The molecule has 10 nitrogen and oxygen atoms in total. The number of aromatic amines is 1. The van der Waals surface area contributed by atoms with Crippen molar-refractivity contribution in [3.8, 4) is 5.75 Å². The third-order valence-corrected chi connectivity index (χ3v) is 9.98. The summed E-state index contributed by atoms with van der Waals surface area (Å²) in [6, 6.07) is 5.76. The normalized spacial score (nSPS) is 20.1. The Hall–Kier alpha value is -2.60. The summed E-state index contributed by atoms with van der Waals surface area (Å²) in [7, 11) is -2.11. The molecule has 4 heterocycles. The molecule has 1 aromatic carbocycles. The molecule has 0 bridgehead atoms. The van der Waals surface area contributed by atoms with Crippen molar-refractivity contribution >= 4 is 50.1 Å². The molecule has 2 aromatic heterocycles. The van der Waals surface area contributed by atoms with E-state index in [9.17, 15) is 8.42 Å². The van der Waals surface area contributed by atoms with Crippen LogP contribution in [-0.2, 0) is 10.0 Å². The maximum atomic E-state index is 13.5. The molecule has 2 aliphatic heterocycles. The van der Waals surface area contributed by atoms with Crippen molar-refractivity contribution in [3.63, 3.8) is 0 Å². The predicted octanol–water partition coefficient (Wildman–Crippen LogP) is 4.58. The number of nitrogens with zero attached hydrogens (tertiary/aromatic N) is 4. The van der Waals surface area contributed by atoms with Gasteiger partial charge in [0.15, 0.2) is 0 Å². The van der Waals surface area contributed by atoms with E-state index in [1.54, 1.807) is 28.7 Å². The third kappa shape index (κ3) is 5.16. The molecule has 0 unspecified atom stereocenters. The predicted molar refractivity (Wildman–Crippen MR) is 149 cm³/mol. The lowest BCUT2D eigenvalue weighted by Gasteiger charge is -2.39. The van der Waals surface area contributed by atoms with Gasteiger partial charge in [-0.25, -0.2) is 8.42 Å². The largest absolute Gasteiger partial charge is 0.495 e. The second-order valence-electron chi connectivity index (χ2n) is 10.4. The van der Waals surface area contributed by atoms with E-state index in [4.69, 9.17) is 16.3 Å². The highest BCUT2D eigenvalue weighted by Gasteiger charge is 2.32. The number of H-pyrrole nitrogens is 1. The number of hydrogen-bond acceptors (Lipinski definition) is 8. The van der Waals surface area contributed by atoms with Crippen molar-refractivity contribution in [3.05, 3.63) is 29.4 Å². The Morgan fingerprint density at radius 3 is 2.53 bits per heavy atom. The van der Waals surface area contributed by atoms with Crippen molar-refractivity contribution in [2.45, 2.75) is 61.9 Å². The number of methoxy groups -OCH3 is 1. The molecule has 12 heteroatoms. The van der Waals surface area contributed by atoms with Gasteiger partial charge in [-0.15, -0.1) is 0 Å². The zero-order valence-electron chi connectivity index (χ0n) is 21.5. The van der Waals surface area contributed by atoms with E-state index in [0.717, 1.165) is 44.2 Å². The highest BCUT2D eigenvalue weighted by atomic mass is 35.5. The van der Waals surface area contributed by atoms with Crippen LogP contribution in [0, 0.1) is 0 Å². The SMILES string of the molecule is COc1cc(S(=O)(=O)N2CCC(N3CCCCC3)CC2)ccc1Nc1nc(NC2CC2)c2c(Cl)c[nH]c2n1. The first-order valence-electron chi connectivity index (χ1n) is 13.4. The first kappa shape index (κ1) is 25.7. The Balaban J connectivity index is 1.20. The van der Waals surface area contributed by atoms with Gasteiger partial charge < -0.3 is 25.3 Å². The van der Waals surface area contributed by atoms with E-state index in [1.165, 1.54) is 26.4 Å². The van der Waals surface area contributed by atoms with Crippen molar-refractivity contribution in [2.75, 3.05) is 43.9 Å². The molecule has 3 fully saturated rings. The van der Waals surface area contributed by atoms with Crippen LogP contribution in [-0.4, -0.2) is 77.9 Å². The number of piperidine rings is 2. The third-order valence-electron chi connectivity index (χ3n) is 7.79. The monoisotopic (exact) mass is 559 g/mol. The van der Waals surface area contributed by atoms with E-state index in [1.807, 2.05) is 0 Å². The Kier molecular flexibility index (Phi) is 7.10. The number of halogens is 1. The van der Waals surface area contributed by atoms with Gasteiger partial charge in [0.1, 0.15) is 17.2 Å². The van der Waals surface area contributed by atoms with Crippen LogP contribution in [0.5, 0.6) is 5.75 Å². The summed E-state index contributed by atoms with van der Waals surface area (Å²) >= 11 is 6.36. The minimum absolute atomic E-state index is 0.222. The number of nitrogens with one attached hydrogen (secondary N) is 3. The van der Waals surface area contributed by atoms with Crippen LogP contribution in [0.2, 0.25) is 5.02 Å². The fourth-order valence-electron chi connectivity index (χ4n) is 5.51. The number of ether oxygens (including phenoxy) is 1. The maximum Gasteiger partial charge on any atom is 0.243 e. The van der Waals surface area contributed by atoms with Crippen LogP contribution in [0.1, 0.15) is 44.9 Å². The molecule has 1 saturated carbocycles. The minimum Gasteiger partial charge on any atom is -0.495 e. The number of anilines is 3. The van der Waals surface area contributed by atoms with Gasteiger partial charge in [0.25, 0.3) is 0 Å². The number of aromatic nitrogens is 3. The van der Waals surface area contributed by atoms with Gasteiger partial charge in [0, 0.05) is 37.4 Å². The highest BCUT2D eigenvalue weighted by Crippen LogP contribution is 2.35. The summed E-state index contributed by atoms with van der Waals surface area (Å²) in [6.45, 7) is 3.34. The fourth-order valence-corrected chi connectivity index (χ4v) is 7.23. The van der Waals surface area contributed by atoms with Gasteiger partial charge in [-0.2, -0.15) is 14.3 Å². The lowest BCUT2D eigenvalue weighted by atomic mass is 10.0. The maximum absolute atomic E-state index is 13.5. The van der Waals surface area contributed by atoms with Crippen molar-refractivity contribution < 1.29 is 13.2 Å². The summed E-state index contributed by atoms with van der Waals surface area (Å²) in [5.74, 6) is 1.42. The number of benzene rings is 1. The van der Waals surface area contributed by atoms with Gasteiger partial charge in [-0.3, -0.25) is 0 Å². The number of fused-ring (bicyclic) bond motifs is 1. The van der Waals surface area contributed by atoms with Crippen LogP contribution in [0.3, 0.4) is 0 Å². The van der Waals surface area contributed by atoms with Crippen molar-refractivity contribution in [2.24, 2.45) is 0 Å². The molecule has 0 amide bonds. The van der Waals surface area contributed by atoms with E-state index in [2.05, 4.69) is 30.5 Å². The number of likely N-dealkylation sites (tertiary alicyclic amines) is 1. The number of hydrogen-bond donors (Lipinski definition) is 3. The average Bonchev–Trinajstić information content (AvgIpc) is 3.68. The standard InChI is InChI=1S/C26H34ClN7O3S/c1-37-22-15-19(38(35,36)34-13-9-18(10-14-34)33-11-3-2-4-12-33)7-8-21(22)30-26-31-24-23(20(27)16-28-24)25(32-26)29-17-5-6-17/h7-8,15-18H,2-6,9-14H2,1H3,(H3,28,29,30,31,32). The number of sulfonamides is 1. The van der Waals surface area contributed by atoms with Crippen LogP contribution in [0.15, 0.2) is 29.3 Å². The lowest BCUT2D eigenvalue weighted by molar-refractivity contribution is 0.118. The van der Waals surface area contributed by atoms with Crippen molar-refractivity contribution in [1.29, 1.82) is 0 Å².